The number of hydrogen-bond donors (Lipinski definition) is 3. The van der Waals surface area contributed by atoms with Gasteiger partial charge in [0.15, 0.2) is 29.2 Å². The van der Waals surface area contributed by atoms with Crippen molar-refractivity contribution >= 4 is 34.9 Å². The fourth-order valence-corrected chi connectivity index (χ4v) is 7.18. The van der Waals surface area contributed by atoms with Crippen molar-refractivity contribution in [1.29, 1.82) is 0 Å². The van der Waals surface area contributed by atoms with Gasteiger partial charge in [0.1, 0.15) is 29.6 Å². The predicted octanol–water partition coefficient (Wildman–Crippen LogP) is 5.60. The van der Waals surface area contributed by atoms with Gasteiger partial charge < -0.3 is 34.0 Å². The Morgan fingerprint density at radius 1 is 1.12 bits per heavy atom. The van der Waals surface area contributed by atoms with Crippen LogP contribution in [0.3, 0.4) is 0 Å². The number of hydrogen-bond acceptors (Lipinski definition) is 11. The fraction of sp³-hybridized carbons (Fsp3) is 0.417. The number of oxazole rings is 2. The van der Waals surface area contributed by atoms with E-state index in [0.717, 1.165) is 16.8 Å². The molecule has 256 valence electrons. The number of carbonyl (C=O) groups excluding carboxylic acids is 3. The molecule has 3 aliphatic rings. The van der Waals surface area contributed by atoms with Crippen LogP contribution in [0.25, 0.3) is 11.6 Å². The minimum atomic E-state index is -1.21. The van der Waals surface area contributed by atoms with Gasteiger partial charge in [-0.15, -0.1) is 0 Å². The van der Waals surface area contributed by atoms with Crippen LogP contribution in [0.2, 0.25) is 5.02 Å². The van der Waals surface area contributed by atoms with E-state index in [0.29, 0.717) is 22.1 Å². The van der Waals surface area contributed by atoms with E-state index < -0.39 is 46.9 Å². The Morgan fingerprint density at radius 3 is 2.61 bits per heavy atom. The summed E-state index contributed by atoms with van der Waals surface area (Å²) in [5, 5.41) is 17.7. The van der Waals surface area contributed by atoms with Crippen molar-refractivity contribution in [3.05, 3.63) is 81.7 Å². The molecule has 4 bridgehead atoms. The molecule has 49 heavy (non-hydrogen) atoms. The van der Waals surface area contributed by atoms with Crippen LogP contribution in [-0.4, -0.2) is 52.2 Å². The van der Waals surface area contributed by atoms with Gasteiger partial charge in [0.25, 0.3) is 0 Å². The lowest BCUT2D eigenvalue weighted by atomic mass is 9.72. The molecule has 2 unspecified atom stereocenters. The summed E-state index contributed by atoms with van der Waals surface area (Å²) in [6, 6.07) is 10.3. The van der Waals surface area contributed by atoms with Gasteiger partial charge >= 0.3 is 5.97 Å². The predicted molar refractivity (Wildman–Crippen MR) is 177 cm³/mol. The summed E-state index contributed by atoms with van der Waals surface area (Å²) >= 11 is 6.64. The summed E-state index contributed by atoms with van der Waals surface area (Å²) in [5.74, 6) is -1.58. The Balaban J connectivity index is 1.51. The normalized spacial score (nSPS) is 23.0. The molecule has 4 aromatic rings. The first-order valence-corrected chi connectivity index (χ1v) is 16.5. The highest BCUT2D eigenvalue weighted by Crippen LogP contribution is 2.60. The molecule has 12 nitrogen and oxygen atoms in total. The van der Waals surface area contributed by atoms with E-state index in [1.807, 2.05) is 51.1 Å². The molecule has 1 spiro atoms. The number of Topliss-reactive ketones (excluding diaryl/α,β-unsaturated/α-hetero) is 1. The summed E-state index contributed by atoms with van der Waals surface area (Å²) in [7, 11) is 1.25. The molecule has 1 amide bonds. The highest BCUT2D eigenvalue weighted by atomic mass is 35.5. The van der Waals surface area contributed by atoms with Crippen LogP contribution in [0.15, 0.2) is 51.5 Å². The first kappa shape index (κ1) is 32.8. The van der Waals surface area contributed by atoms with E-state index >= 15 is 0 Å². The van der Waals surface area contributed by atoms with Crippen LogP contribution in [-0.2, 0) is 26.2 Å². The molecule has 3 aliphatic heterocycles. The zero-order valence-electron chi connectivity index (χ0n) is 27.9. The van der Waals surface area contributed by atoms with Crippen LogP contribution in [0.5, 0.6) is 5.75 Å². The second kappa shape index (κ2) is 11.7. The standard InChI is InChI=1S/C36H37ClN4O8/c1-16(2)27(43)24(42)13-18-11-17-7-10-25-21(12-17)36(20-14-19(37)8-9-22(20)39-34(36)48-25)29-26(31-38-23(15-47-31)33(45)46-6)40-32(49-29)28(35(3,4)5)41-30(18)44/h7-10,12,14-16,18,27-28,34,39,43H,11,13H2,1-6H3,(H,41,44)/t18?,27-,28+,34-,36?/m0/s1. The number of ether oxygens (including phenoxy) is 2. The minimum Gasteiger partial charge on any atom is -0.469 e. The van der Waals surface area contributed by atoms with Gasteiger partial charge in [-0.05, 0) is 47.6 Å². The Bertz CT molecular complexity index is 1990. The van der Waals surface area contributed by atoms with Crippen LogP contribution in [0.4, 0.5) is 5.69 Å². The summed E-state index contributed by atoms with van der Waals surface area (Å²) in [6.45, 7) is 9.32. The molecule has 7 rings (SSSR count). The van der Waals surface area contributed by atoms with E-state index in [1.54, 1.807) is 19.9 Å². The average Bonchev–Trinajstić information content (AvgIpc) is 3.83. The molecule has 5 atom stereocenters. The van der Waals surface area contributed by atoms with Gasteiger partial charge in [-0.1, -0.05) is 58.4 Å². The van der Waals surface area contributed by atoms with Crippen LogP contribution >= 0.6 is 11.6 Å². The molecule has 0 radical (unpaired) electrons. The monoisotopic (exact) mass is 688 g/mol. The van der Waals surface area contributed by atoms with Crippen molar-refractivity contribution < 1.29 is 37.8 Å². The number of benzene rings is 2. The van der Waals surface area contributed by atoms with Crippen molar-refractivity contribution in [1.82, 2.24) is 15.3 Å². The zero-order valence-corrected chi connectivity index (χ0v) is 28.7. The lowest BCUT2D eigenvalue weighted by Crippen LogP contribution is -2.42. The van der Waals surface area contributed by atoms with Crippen molar-refractivity contribution in [2.24, 2.45) is 17.3 Å². The number of anilines is 1. The second-order valence-corrected chi connectivity index (χ2v) is 14.7. The smallest absolute Gasteiger partial charge is 0.360 e. The number of aliphatic hydroxyl groups is 1. The molecular weight excluding hydrogens is 652 g/mol. The molecule has 5 heterocycles. The van der Waals surface area contributed by atoms with Gasteiger partial charge in [0, 0.05) is 34.2 Å². The summed E-state index contributed by atoms with van der Waals surface area (Å²) in [4.78, 5) is 49.2. The van der Waals surface area contributed by atoms with Gasteiger partial charge in [0.2, 0.25) is 17.7 Å². The van der Waals surface area contributed by atoms with Crippen molar-refractivity contribution in [3.8, 4) is 17.3 Å². The zero-order chi connectivity index (χ0) is 35.0. The van der Waals surface area contributed by atoms with Gasteiger partial charge in [-0.3, -0.25) is 9.59 Å². The summed E-state index contributed by atoms with van der Waals surface area (Å²) in [5.41, 5.74) is 1.31. The highest BCUT2D eigenvalue weighted by Gasteiger charge is 2.61. The van der Waals surface area contributed by atoms with E-state index in [1.165, 1.54) is 13.4 Å². The third kappa shape index (κ3) is 5.28. The number of rotatable bonds is 6. The number of aliphatic hydroxyl groups excluding tert-OH is 1. The summed E-state index contributed by atoms with van der Waals surface area (Å²) in [6.07, 6.45) is -0.690. The number of carbonyl (C=O) groups is 3. The van der Waals surface area contributed by atoms with Gasteiger partial charge in [0.05, 0.1) is 7.11 Å². The molecule has 2 aromatic carbocycles. The average molecular weight is 689 g/mol. The third-order valence-corrected chi connectivity index (χ3v) is 9.80. The first-order valence-electron chi connectivity index (χ1n) is 16.2. The number of halogens is 1. The van der Waals surface area contributed by atoms with E-state index in [9.17, 15) is 19.5 Å². The fourth-order valence-electron chi connectivity index (χ4n) is 7.01. The van der Waals surface area contributed by atoms with Gasteiger partial charge in [-0.25, -0.2) is 14.8 Å². The lowest BCUT2D eigenvalue weighted by Gasteiger charge is -2.32. The maximum absolute atomic E-state index is 14.2. The molecular formula is C36H37ClN4O8. The topological polar surface area (TPSA) is 166 Å². The van der Waals surface area contributed by atoms with Crippen LogP contribution in [0, 0.1) is 17.3 Å². The van der Waals surface area contributed by atoms with Crippen LogP contribution < -0.4 is 15.4 Å². The van der Waals surface area contributed by atoms with Crippen molar-refractivity contribution in [2.75, 3.05) is 12.4 Å². The Hall–Kier alpha value is -4.68. The first-order chi connectivity index (χ1) is 23.2. The Kier molecular flexibility index (Phi) is 7.86. The maximum atomic E-state index is 14.2. The number of methoxy groups -OCH3 is 1. The molecule has 2 aromatic heterocycles. The van der Waals surface area contributed by atoms with Crippen molar-refractivity contribution in [3.63, 3.8) is 0 Å². The molecule has 0 fully saturated rings. The SMILES string of the molecule is COC(=O)c1coc(-c2nc3oc2C24c5cc(Cl)ccc5N[C@H]2Oc2ccc(cc24)CC(CC(=O)[C@@H](O)C(C)C)C(=O)N[C@H]3C(C)(C)C)n1. The Labute approximate surface area is 287 Å². The molecule has 13 heteroatoms. The number of aromatic nitrogens is 2. The lowest BCUT2D eigenvalue weighted by molar-refractivity contribution is -0.135. The molecule has 0 saturated carbocycles. The number of fused-ring (bicyclic) bond motifs is 4. The number of esters is 1. The number of nitrogens with one attached hydrogen (secondary N) is 2. The Morgan fingerprint density at radius 2 is 1.90 bits per heavy atom. The van der Waals surface area contributed by atoms with E-state index in [2.05, 4.69) is 15.6 Å². The highest BCUT2D eigenvalue weighted by molar-refractivity contribution is 6.30. The quantitative estimate of drug-likeness (QED) is 0.216. The summed E-state index contributed by atoms with van der Waals surface area (Å²) < 4.78 is 24.1. The van der Waals surface area contributed by atoms with Gasteiger partial charge in [-0.2, -0.15) is 0 Å². The third-order valence-electron chi connectivity index (χ3n) is 9.56. The van der Waals surface area contributed by atoms with E-state index in [4.69, 9.17) is 34.9 Å². The molecule has 3 N–H and O–H groups in total. The van der Waals surface area contributed by atoms with Crippen molar-refractivity contribution in [2.45, 2.75) is 71.2 Å². The maximum Gasteiger partial charge on any atom is 0.360 e. The number of ketones is 1. The number of amides is 1. The largest absolute Gasteiger partial charge is 0.469 e. The number of nitrogens with zero attached hydrogens (tertiary/aromatic N) is 2. The van der Waals surface area contributed by atoms with E-state index in [-0.39, 0.29) is 47.8 Å². The molecule has 0 saturated heterocycles. The van der Waals surface area contributed by atoms with Crippen LogP contribution in [0.1, 0.15) is 85.9 Å². The second-order valence-electron chi connectivity index (χ2n) is 14.3. The molecule has 0 aliphatic carbocycles. The minimum absolute atomic E-state index is 0.00129.